The highest BCUT2D eigenvalue weighted by Crippen LogP contribution is 2.37. The van der Waals surface area contributed by atoms with Crippen LogP contribution in [0.2, 0.25) is 5.02 Å². The topological polar surface area (TPSA) is 75.7 Å². The van der Waals surface area contributed by atoms with Crippen molar-refractivity contribution in [1.29, 1.82) is 0 Å². The summed E-state index contributed by atoms with van der Waals surface area (Å²) in [5.41, 5.74) is 0.515. The molecule has 0 bridgehead atoms. The normalized spacial score (nSPS) is 12.0. The van der Waals surface area contributed by atoms with Crippen LogP contribution in [0.5, 0.6) is 0 Å². The minimum absolute atomic E-state index is 0.139. The van der Waals surface area contributed by atoms with E-state index in [1.165, 1.54) is 37.3 Å². The van der Waals surface area contributed by atoms with Crippen molar-refractivity contribution < 1.29 is 35.5 Å². The van der Waals surface area contributed by atoms with Crippen LogP contribution < -0.4 is 9.62 Å². The fourth-order valence-electron chi connectivity index (χ4n) is 4.14. The predicted octanol–water partition coefficient (Wildman–Crippen LogP) is 7.28. The van der Waals surface area contributed by atoms with Gasteiger partial charge in [-0.05, 0) is 72.1 Å². The molecule has 6 nitrogen and oxygen atoms in total. The zero-order valence-corrected chi connectivity index (χ0v) is 23.0. The molecular weight excluding hydrogens is 584 g/mol. The molecule has 12 heteroatoms. The first kappa shape index (κ1) is 29.9. The number of sulfonamides is 1. The first-order valence-corrected chi connectivity index (χ1v) is 14.0. The lowest BCUT2D eigenvalue weighted by atomic mass is 10.0. The number of nitrogens with one attached hydrogen (secondary N) is 1. The predicted molar refractivity (Wildman–Crippen MR) is 146 cm³/mol. The highest BCUT2D eigenvalue weighted by molar-refractivity contribution is 7.92. The molecule has 4 aromatic rings. The number of rotatable bonds is 9. The van der Waals surface area contributed by atoms with Crippen molar-refractivity contribution in [2.45, 2.75) is 31.0 Å². The number of hydrogen-bond donors (Lipinski definition) is 1. The summed E-state index contributed by atoms with van der Waals surface area (Å²) in [4.78, 5) is 12.1. The molecular formula is C29H23ClF4N2O4S. The van der Waals surface area contributed by atoms with Gasteiger partial charge in [0.2, 0.25) is 0 Å². The van der Waals surface area contributed by atoms with Crippen molar-refractivity contribution in [2.75, 3.05) is 4.31 Å². The Hall–Kier alpha value is -4.09. The Balaban J connectivity index is 1.62. The van der Waals surface area contributed by atoms with Crippen LogP contribution in [-0.2, 0) is 27.9 Å². The molecule has 0 spiro atoms. The number of amides is 1. The van der Waals surface area contributed by atoms with Crippen LogP contribution in [0.25, 0.3) is 0 Å². The van der Waals surface area contributed by atoms with Gasteiger partial charge < -0.3 is 10.1 Å². The van der Waals surface area contributed by atoms with Crippen LogP contribution in [0.3, 0.4) is 0 Å². The van der Waals surface area contributed by atoms with E-state index in [1.807, 2.05) is 0 Å². The summed E-state index contributed by atoms with van der Waals surface area (Å²) in [6.07, 6.45) is -0.876. The van der Waals surface area contributed by atoms with Crippen molar-refractivity contribution >= 4 is 33.4 Å². The van der Waals surface area contributed by atoms with Crippen LogP contribution in [-0.4, -0.2) is 14.5 Å². The molecule has 0 aliphatic heterocycles. The van der Waals surface area contributed by atoms with Gasteiger partial charge in [-0.15, -0.1) is 0 Å². The molecule has 0 heterocycles. The quantitative estimate of drug-likeness (QED) is 0.203. The highest BCUT2D eigenvalue weighted by Gasteiger charge is 2.33. The maximum Gasteiger partial charge on any atom is 0.407 e. The van der Waals surface area contributed by atoms with Gasteiger partial charge in [-0.1, -0.05) is 41.9 Å². The first-order valence-electron chi connectivity index (χ1n) is 12.1. The molecule has 214 valence electrons. The Labute approximate surface area is 239 Å². The summed E-state index contributed by atoms with van der Waals surface area (Å²) in [5, 5.41) is 2.70. The lowest BCUT2D eigenvalue weighted by Crippen LogP contribution is -2.35. The van der Waals surface area contributed by atoms with Crippen molar-refractivity contribution in [1.82, 2.24) is 5.32 Å². The Morgan fingerprint density at radius 1 is 0.902 bits per heavy atom. The van der Waals surface area contributed by atoms with E-state index in [2.05, 4.69) is 5.32 Å². The van der Waals surface area contributed by atoms with E-state index in [9.17, 15) is 26.4 Å². The summed E-state index contributed by atoms with van der Waals surface area (Å²) < 4.78 is 89.5. The second kappa shape index (κ2) is 12.6. The molecule has 1 amide bonds. The number of halogens is 5. The Morgan fingerprint density at radius 3 is 2.29 bits per heavy atom. The fraction of sp³-hybridized carbons (Fsp3) is 0.138. The third kappa shape index (κ3) is 6.98. The van der Waals surface area contributed by atoms with Crippen LogP contribution in [0, 0.1) is 23.3 Å². The van der Waals surface area contributed by atoms with Crippen LogP contribution in [0.4, 0.5) is 28.0 Å². The summed E-state index contributed by atoms with van der Waals surface area (Å²) in [6.45, 7) is 1.03. The lowest BCUT2D eigenvalue weighted by molar-refractivity contribution is 0.138. The third-order valence-corrected chi connectivity index (χ3v) is 8.30. The first-order chi connectivity index (χ1) is 19.5. The van der Waals surface area contributed by atoms with Crippen LogP contribution >= 0.6 is 11.6 Å². The minimum Gasteiger partial charge on any atom is -0.445 e. The molecule has 1 N–H and O–H groups in total. The molecule has 41 heavy (non-hydrogen) atoms. The third-order valence-electron chi connectivity index (χ3n) is 6.15. The number of alkyl carbamates (subject to hydrolysis) is 1. The summed E-state index contributed by atoms with van der Waals surface area (Å²) >= 11 is 5.92. The Morgan fingerprint density at radius 2 is 1.59 bits per heavy atom. The minimum atomic E-state index is -4.46. The molecule has 4 aromatic carbocycles. The standard InChI is InChI=1S/C29H23ClF4N2O4S/c1-18(36(28-15-22(31)9-13-26(28)33)41(38,39)23-10-7-21(30)8-11-23)24-5-3-2-4-20(24)17-40-29(37)35-16-19-6-12-25(32)27(34)14-19/h2-15,18H,16-17H2,1H3,(H,35,37)/t18-/m1/s1. The smallest absolute Gasteiger partial charge is 0.407 e. The summed E-state index contributed by atoms with van der Waals surface area (Å²) in [7, 11) is -4.46. The van der Waals surface area contributed by atoms with Gasteiger partial charge in [0.1, 0.15) is 18.2 Å². The van der Waals surface area contributed by atoms with E-state index >= 15 is 4.39 Å². The molecule has 0 saturated heterocycles. The van der Waals surface area contributed by atoms with Crippen molar-refractivity contribution in [2.24, 2.45) is 0 Å². The zero-order chi connectivity index (χ0) is 29.7. The highest BCUT2D eigenvalue weighted by atomic mass is 35.5. The second-order valence-electron chi connectivity index (χ2n) is 8.90. The Kier molecular flexibility index (Phi) is 9.19. The number of nitrogens with zero attached hydrogens (tertiary/aromatic N) is 1. The van der Waals surface area contributed by atoms with E-state index in [0.29, 0.717) is 16.7 Å². The van der Waals surface area contributed by atoms with E-state index < -0.39 is 51.1 Å². The summed E-state index contributed by atoms with van der Waals surface area (Å²) in [5.74, 6) is -3.90. The van der Waals surface area contributed by atoms with Gasteiger partial charge in [0, 0.05) is 17.6 Å². The largest absolute Gasteiger partial charge is 0.445 e. The monoisotopic (exact) mass is 606 g/mol. The van der Waals surface area contributed by atoms with Gasteiger partial charge in [-0.3, -0.25) is 4.31 Å². The maximum absolute atomic E-state index is 15.0. The average molecular weight is 607 g/mol. The average Bonchev–Trinajstić information content (AvgIpc) is 2.94. The number of benzene rings is 4. The molecule has 4 rings (SSSR count). The molecule has 0 unspecified atom stereocenters. The molecule has 0 fully saturated rings. The molecule has 0 aliphatic carbocycles. The van der Waals surface area contributed by atoms with Crippen LogP contribution in [0.1, 0.15) is 29.7 Å². The van der Waals surface area contributed by atoms with Crippen molar-refractivity contribution in [3.05, 3.63) is 130 Å². The van der Waals surface area contributed by atoms with E-state index in [0.717, 1.165) is 34.6 Å². The fourth-order valence-corrected chi connectivity index (χ4v) is 5.90. The van der Waals surface area contributed by atoms with Gasteiger partial charge in [-0.2, -0.15) is 0 Å². The van der Waals surface area contributed by atoms with E-state index in [4.69, 9.17) is 16.3 Å². The zero-order valence-electron chi connectivity index (χ0n) is 21.5. The van der Waals surface area contributed by atoms with Gasteiger partial charge in [-0.25, -0.2) is 30.8 Å². The SMILES string of the molecule is C[C@H](c1ccccc1COC(=O)NCc1ccc(F)c(F)c1)N(c1cc(F)ccc1F)S(=O)(=O)c1ccc(Cl)cc1. The molecule has 0 aromatic heterocycles. The summed E-state index contributed by atoms with van der Waals surface area (Å²) in [6, 6.07) is 16.2. The number of anilines is 1. The van der Waals surface area contributed by atoms with Gasteiger partial charge in [0.25, 0.3) is 10.0 Å². The van der Waals surface area contributed by atoms with Crippen molar-refractivity contribution in [3.63, 3.8) is 0 Å². The molecule has 0 radical (unpaired) electrons. The lowest BCUT2D eigenvalue weighted by Gasteiger charge is -2.32. The molecule has 0 saturated carbocycles. The van der Waals surface area contributed by atoms with Gasteiger partial charge in [0.05, 0.1) is 16.6 Å². The molecule has 0 aliphatic rings. The number of carbonyl (C=O) groups excluding carboxylic acids is 1. The molecule has 1 atom stereocenters. The number of ether oxygens (including phenoxy) is 1. The van der Waals surface area contributed by atoms with Gasteiger partial charge in [0.15, 0.2) is 11.6 Å². The number of carbonyl (C=O) groups is 1. The Bertz CT molecular complexity index is 1670. The second-order valence-corrected chi connectivity index (χ2v) is 11.2. The number of hydrogen-bond acceptors (Lipinski definition) is 4. The van der Waals surface area contributed by atoms with E-state index in [-0.39, 0.29) is 23.1 Å². The van der Waals surface area contributed by atoms with Gasteiger partial charge >= 0.3 is 6.09 Å². The van der Waals surface area contributed by atoms with Crippen molar-refractivity contribution in [3.8, 4) is 0 Å². The van der Waals surface area contributed by atoms with Crippen LogP contribution in [0.15, 0.2) is 89.8 Å². The maximum atomic E-state index is 15.0. The van der Waals surface area contributed by atoms with E-state index in [1.54, 1.807) is 24.3 Å².